The maximum Gasteiger partial charge on any atom is 0.407 e. The molecular formula is C40H73N9O3S2. The van der Waals surface area contributed by atoms with E-state index in [9.17, 15) is 9.59 Å². The van der Waals surface area contributed by atoms with Crippen molar-refractivity contribution in [1.29, 1.82) is 10.8 Å². The number of rotatable bonds is 21. The Morgan fingerprint density at radius 3 is 2.30 bits per heavy atom. The number of ether oxygens (including phenoxy) is 1. The van der Waals surface area contributed by atoms with Crippen LogP contribution in [-0.2, 0) is 9.53 Å². The lowest BCUT2D eigenvalue weighted by Crippen LogP contribution is -2.50. The van der Waals surface area contributed by atoms with E-state index in [1.807, 2.05) is 0 Å². The molecule has 4 rings (SSSR count). The number of fused-ring (bicyclic) bond motifs is 5. The number of carbonyl (C=O) groups is 2. The molecule has 0 radical (unpaired) electrons. The van der Waals surface area contributed by atoms with Crippen molar-refractivity contribution in [3.8, 4) is 0 Å². The Morgan fingerprint density at radius 1 is 0.926 bits per heavy atom. The average Bonchev–Trinajstić information content (AvgIpc) is 3.46. The van der Waals surface area contributed by atoms with E-state index in [1.165, 1.54) is 74.2 Å². The minimum absolute atomic E-state index is 0.0677. The molecule has 0 saturated heterocycles. The Balaban J connectivity index is 1.14. The molecule has 2 amide bonds. The summed E-state index contributed by atoms with van der Waals surface area (Å²) in [5.74, 6) is 4.93. The molecule has 308 valence electrons. The first-order valence-corrected chi connectivity index (χ1v) is 23.3. The van der Waals surface area contributed by atoms with E-state index in [0.717, 1.165) is 48.9 Å². The second-order valence-electron chi connectivity index (χ2n) is 17.4. The molecular weight excluding hydrogens is 719 g/mol. The molecule has 0 spiro atoms. The topological polar surface area (TPSA) is 208 Å². The van der Waals surface area contributed by atoms with Crippen LogP contribution in [0.3, 0.4) is 0 Å². The van der Waals surface area contributed by atoms with Gasteiger partial charge >= 0.3 is 6.09 Å². The molecule has 0 aromatic heterocycles. The van der Waals surface area contributed by atoms with Crippen LogP contribution in [0.2, 0.25) is 0 Å². The number of nitrogens with zero attached hydrogens (tertiary/aromatic N) is 1. The Kier molecular flexibility index (Phi) is 17.5. The van der Waals surface area contributed by atoms with Crippen molar-refractivity contribution in [3.05, 3.63) is 11.6 Å². The smallest absolute Gasteiger partial charge is 0.407 e. The van der Waals surface area contributed by atoms with Gasteiger partial charge in [-0.05, 0) is 105 Å². The summed E-state index contributed by atoms with van der Waals surface area (Å²) in [5.41, 5.74) is 19.3. The van der Waals surface area contributed by atoms with Crippen LogP contribution < -0.4 is 33.2 Å². The maximum atomic E-state index is 13.1. The first kappa shape index (κ1) is 44.4. The Bertz CT molecular complexity index is 1260. The molecule has 8 atom stereocenters. The molecule has 8 unspecified atom stereocenters. The molecule has 3 saturated carbocycles. The van der Waals surface area contributed by atoms with Crippen molar-refractivity contribution in [2.75, 3.05) is 44.2 Å². The summed E-state index contributed by atoms with van der Waals surface area (Å²) < 4.78 is 5.97. The number of hydrogen-bond donors (Lipinski definition) is 8. The van der Waals surface area contributed by atoms with Crippen molar-refractivity contribution in [1.82, 2.24) is 20.9 Å². The van der Waals surface area contributed by atoms with Gasteiger partial charge in [0.2, 0.25) is 5.91 Å². The van der Waals surface area contributed by atoms with Gasteiger partial charge in [0.1, 0.15) is 6.10 Å². The third kappa shape index (κ3) is 12.3. The first-order valence-electron chi connectivity index (χ1n) is 20.8. The van der Waals surface area contributed by atoms with Crippen LogP contribution >= 0.6 is 21.6 Å². The monoisotopic (exact) mass is 792 g/mol. The highest BCUT2D eigenvalue weighted by Crippen LogP contribution is 2.66. The zero-order chi connectivity index (χ0) is 39.3. The quantitative estimate of drug-likeness (QED) is 0.0218. The molecule has 0 aromatic carbocycles. The number of allylic oxidation sites excluding steroid dienone is 1. The van der Waals surface area contributed by atoms with E-state index in [2.05, 4.69) is 49.7 Å². The number of hydrogen-bond acceptors (Lipinski definition) is 8. The minimum Gasteiger partial charge on any atom is -0.446 e. The van der Waals surface area contributed by atoms with E-state index in [1.54, 1.807) is 15.7 Å². The molecule has 0 bridgehead atoms. The summed E-state index contributed by atoms with van der Waals surface area (Å²) in [6.45, 7) is 12.3. The summed E-state index contributed by atoms with van der Waals surface area (Å²) in [7, 11) is 3.10. The van der Waals surface area contributed by atoms with Crippen LogP contribution in [0.1, 0.15) is 118 Å². The van der Waals surface area contributed by atoms with Crippen molar-refractivity contribution < 1.29 is 14.3 Å². The van der Waals surface area contributed by atoms with Gasteiger partial charge in [-0.2, -0.15) is 0 Å². The van der Waals surface area contributed by atoms with E-state index >= 15 is 0 Å². The number of nitrogens with two attached hydrogens (primary N) is 3. The maximum absolute atomic E-state index is 13.1. The molecule has 12 nitrogen and oxygen atoms in total. The van der Waals surface area contributed by atoms with Gasteiger partial charge in [-0.15, -0.1) is 0 Å². The van der Waals surface area contributed by atoms with Crippen LogP contribution in [0.25, 0.3) is 0 Å². The zero-order valence-corrected chi connectivity index (χ0v) is 35.3. The Labute approximate surface area is 333 Å². The van der Waals surface area contributed by atoms with Gasteiger partial charge in [0.05, 0.1) is 6.04 Å². The number of carbonyl (C=O) groups excluding carboxylic acids is 2. The largest absolute Gasteiger partial charge is 0.446 e. The third-order valence-corrected chi connectivity index (χ3v) is 15.8. The third-order valence-electron chi connectivity index (χ3n) is 13.4. The van der Waals surface area contributed by atoms with E-state index in [0.29, 0.717) is 62.5 Å². The zero-order valence-electron chi connectivity index (χ0n) is 33.7. The highest BCUT2D eigenvalue weighted by Gasteiger charge is 2.58. The van der Waals surface area contributed by atoms with Gasteiger partial charge in [-0.3, -0.25) is 15.6 Å². The Morgan fingerprint density at radius 2 is 1.63 bits per heavy atom. The summed E-state index contributed by atoms with van der Waals surface area (Å²) in [6.07, 6.45) is 18.7. The summed E-state index contributed by atoms with van der Waals surface area (Å²) in [4.78, 5) is 27.7. The predicted octanol–water partition coefficient (Wildman–Crippen LogP) is 6.16. The number of amides is 2. The van der Waals surface area contributed by atoms with Crippen LogP contribution in [0.5, 0.6) is 0 Å². The number of alkyl carbamates (subject to hydrolysis) is 1. The van der Waals surface area contributed by atoms with E-state index in [4.69, 9.17) is 32.8 Å². The normalized spacial score (nSPS) is 29.2. The number of nitrogens with one attached hydrogen (secondary N) is 5. The average molecular weight is 792 g/mol. The SMILES string of the molecule is CC(C)CCCCC1CCC2C3CC=C4CC(OC(=O)NCCSSCC(N)C(=O)N(CCCNC(=N)N)CCCNC(=N)N)CCC4(C)C3CCC12C. The number of guanidine groups is 2. The molecule has 0 heterocycles. The Hall–Kier alpha value is -2.32. The van der Waals surface area contributed by atoms with Gasteiger partial charge in [-0.25, -0.2) is 4.79 Å². The minimum atomic E-state index is -0.666. The fourth-order valence-electron chi connectivity index (χ4n) is 10.4. The molecule has 0 aliphatic heterocycles. The van der Waals surface area contributed by atoms with Crippen LogP contribution in [0.15, 0.2) is 11.6 Å². The van der Waals surface area contributed by atoms with Crippen LogP contribution in [-0.4, -0.2) is 85.2 Å². The van der Waals surface area contributed by atoms with Gasteiger partial charge < -0.3 is 42.8 Å². The standard InChI is InChI=1S/C40H73N9O3S2/c1-27(2)9-5-6-10-28-12-14-32-31-13-11-29-25-30(15-17-40(29,4)33(31)16-18-39(28,32)3)52-38(51)48-21-24-53-54-26-34(41)35(50)49(22-7-19-46-36(42)43)23-8-20-47-37(44)45/h11,27-28,30-34H,5-10,12-26,41H2,1-4H3,(H,48,51)(H4,42,43,46)(H4,44,45,47). The molecule has 11 N–H and O–H groups in total. The van der Waals surface area contributed by atoms with Gasteiger partial charge in [-0.1, -0.05) is 80.2 Å². The van der Waals surface area contributed by atoms with Crippen molar-refractivity contribution in [3.63, 3.8) is 0 Å². The van der Waals surface area contributed by atoms with Gasteiger partial charge in [0, 0.05) is 50.7 Å². The fourth-order valence-corrected chi connectivity index (χ4v) is 12.5. The molecule has 14 heteroatoms. The van der Waals surface area contributed by atoms with Gasteiger partial charge in [0.15, 0.2) is 11.9 Å². The molecule has 3 fully saturated rings. The van der Waals surface area contributed by atoms with Crippen molar-refractivity contribution in [2.45, 2.75) is 130 Å². The molecule has 0 aromatic rings. The van der Waals surface area contributed by atoms with Gasteiger partial charge in [0.25, 0.3) is 0 Å². The van der Waals surface area contributed by atoms with E-state index in [-0.39, 0.29) is 35.4 Å². The lowest BCUT2D eigenvalue weighted by Gasteiger charge is -2.58. The van der Waals surface area contributed by atoms with Crippen molar-refractivity contribution in [2.24, 2.45) is 57.6 Å². The lowest BCUT2D eigenvalue weighted by atomic mass is 9.47. The van der Waals surface area contributed by atoms with Crippen LogP contribution in [0.4, 0.5) is 4.79 Å². The van der Waals surface area contributed by atoms with Crippen LogP contribution in [0, 0.1) is 51.2 Å². The fraction of sp³-hybridized carbons (Fsp3) is 0.850. The lowest BCUT2D eigenvalue weighted by molar-refractivity contribution is -0.132. The summed E-state index contributed by atoms with van der Waals surface area (Å²) in [6, 6.07) is -0.666. The predicted molar refractivity (Wildman–Crippen MR) is 225 cm³/mol. The van der Waals surface area contributed by atoms with Crippen molar-refractivity contribution >= 4 is 45.5 Å². The second-order valence-corrected chi connectivity index (χ2v) is 20.0. The molecule has 4 aliphatic carbocycles. The molecule has 4 aliphatic rings. The second kappa shape index (κ2) is 21.3. The highest BCUT2D eigenvalue weighted by atomic mass is 33.1. The first-order chi connectivity index (χ1) is 25.7. The van der Waals surface area contributed by atoms with E-state index < -0.39 is 6.04 Å². The highest BCUT2D eigenvalue weighted by molar-refractivity contribution is 8.76. The number of unbranched alkanes of at least 4 members (excludes halogenated alkanes) is 1. The summed E-state index contributed by atoms with van der Waals surface area (Å²) in [5, 5.41) is 23.1. The summed E-state index contributed by atoms with van der Waals surface area (Å²) >= 11 is 0. The molecule has 54 heavy (non-hydrogen) atoms.